The number of ether oxygens (including phenoxy) is 2. The van der Waals surface area contributed by atoms with Crippen molar-refractivity contribution in [3.8, 4) is 11.5 Å². The molecule has 0 N–H and O–H groups in total. The summed E-state index contributed by atoms with van der Waals surface area (Å²) in [7, 11) is 3.26. The minimum atomic E-state index is -0.0663. The van der Waals surface area contributed by atoms with Gasteiger partial charge >= 0.3 is 0 Å². The first-order chi connectivity index (χ1) is 12.2. The molecular formula is C20H23NO3S. The van der Waals surface area contributed by atoms with Crippen LogP contribution >= 0.6 is 11.8 Å². The van der Waals surface area contributed by atoms with E-state index in [1.54, 1.807) is 26.0 Å². The number of thioether (sulfide) groups is 1. The van der Waals surface area contributed by atoms with Gasteiger partial charge in [-0.1, -0.05) is 31.2 Å². The van der Waals surface area contributed by atoms with Crippen LogP contribution in [0.2, 0.25) is 0 Å². The molecule has 1 aliphatic heterocycles. The maximum Gasteiger partial charge on any atom is 0.255 e. The fourth-order valence-corrected chi connectivity index (χ4v) is 4.36. The lowest BCUT2D eigenvalue weighted by Gasteiger charge is -2.26. The number of hydrogen-bond donors (Lipinski definition) is 0. The van der Waals surface area contributed by atoms with Crippen molar-refractivity contribution in [2.45, 2.75) is 18.7 Å². The average molecular weight is 357 g/mol. The van der Waals surface area contributed by atoms with Crippen LogP contribution in [-0.2, 0) is 6.42 Å². The number of carbonyl (C=O) groups is 1. The van der Waals surface area contributed by atoms with E-state index in [-0.39, 0.29) is 11.3 Å². The molecule has 2 aromatic carbocycles. The van der Waals surface area contributed by atoms with Gasteiger partial charge in [-0.3, -0.25) is 4.79 Å². The highest BCUT2D eigenvalue weighted by molar-refractivity contribution is 7.99. The number of rotatable bonds is 5. The first kappa shape index (κ1) is 17.7. The Morgan fingerprint density at radius 2 is 1.92 bits per heavy atom. The number of amides is 1. The second-order valence-corrected chi connectivity index (χ2v) is 7.04. The van der Waals surface area contributed by atoms with Crippen molar-refractivity contribution in [3.63, 3.8) is 0 Å². The predicted octanol–water partition coefficient (Wildman–Crippen LogP) is 4.15. The van der Waals surface area contributed by atoms with Gasteiger partial charge in [0.1, 0.15) is 5.37 Å². The maximum atomic E-state index is 13.0. The summed E-state index contributed by atoms with van der Waals surface area (Å²) in [5.74, 6) is 2.35. The van der Waals surface area contributed by atoms with Crippen LogP contribution in [0.1, 0.15) is 33.8 Å². The molecule has 25 heavy (non-hydrogen) atoms. The Morgan fingerprint density at radius 1 is 1.16 bits per heavy atom. The number of nitrogens with zero attached hydrogens (tertiary/aromatic N) is 1. The highest BCUT2D eigenvalue weighted by Gasteiger charge is 2.33. The van der Waals surface area contributed by atoms with Gasteiger partial charge in [-0.15, -0.1) is 11.8 Å². The van der Waals surface area contributed by atoms with Crippen LogP contribution in [0.3, 0.4) is 0 Å². The molecule has 1 atom stereocenters. The fourth-order valence-electron chi connectivity index (χ4n) is 3.09. The Bertz CT molecular complexity index is 745. The molecule has 132 valence electrons. The number of hydrogen-bond acceptors (Lipinski definition) is 4. The van der Waals surface area contributed by atoms with Gasteiger partial charge in [0.05, 0.1) is 14.2 Å². The van der Waals surface area contributed by atoms with Crippen LogP contribution in [0.5, 0.6) is 11.5 Å². The zero-order chi connectivity index (χ0) is 17.8. The monoisotopic (exact) mass is 357 g/mol. The molecule has 4 nitrogen and oxygen atoms in total. The van der Waals surface area contributed by atoms with Crippen LogP contribution in [0.25, 0.3) is 0 Å². The lowest BCUT2D eigenvalue weighted by Crippen LogP contribution is -2.30. The largest absolute Gasteiger partial charge is 0.493 e. The molecule has 1 amide bonds. The van der Waals surface area contributed by atoms with Crippen molar-refractivity contribution in [2.24, 2.45) is 0 Å². The van der Waals surface area contributed by atoms with E-state index in [4.69, 9.17) is 9.47 Å². The van der Waals surface area contributed by atoms with Gasteiger partial charge in [-0.2, -0.15) is 0 Å². The van der Waals surface area contributed by atoms with Crippen LogP contribution in [0.15, 0.2) is 42.5 Å². The standard InChI is InChI=1S/C20H23NO3S/c1-4-14-8-10-15(11-9-14)19(22)21-12-13-25-20(21)16-6-5-7-17(23-2)18(16)24-3/h5-11,20H,4,12-13H2,1-3H3. The minimum Gasteiger partial charge on any atom is -0.493 e. The molecule has 1 aliphatic rings. The zero-order valence-corrected chi connectivity index (χ0v) is 15.6. The quantitative estimate of drug-likeness (QED) is 0.806. The van der Waals surface area contributed by atoms with Crippen molar-refractivity contribution in [2.75, 3.05) is 26.5 Å². The fraction of sp³-hybridized carbons (Fsp3) is 0.350. The van der Waals surface area contributed by atoms with Crippen molar-refractivity contribution >= 4 is 17.7 Å². The van der Waals surface area contributed by atoms with E-state index in [0.29, 0.717) is 11.5 Å². The highest BCUT2D eigenvalue weighted by Crippen LogP contribution is 2.45. The number of benzene rings is 2. The number of para-hydroxylation sites is 1. The SMILES string of the molecule is CCc1ccc(C(=O)N2CCSC2c2cccc(OC)c2OC)cc1. The summed E-state index contributed by atoms with van der Waals surface area (Å²) in [5, 5.41) is -0.0663. The van der Waals surface area contributed by atoms with Crippen molar-refractivity contribution in [3.05, 3.63) is 59.2 Å². The summed E-state index contributed by atoms with van der Waals surface area (Å²) in [4.78, 5) is 14.9. The van der Waals surface area contributed by atoms with Gasteiger partial charge in [0, 0.05) is 23.4 Å². The molecule has 0 radical (unpaired) electrons. The molecule has 0 spiro atoms. The molecule has 3 rings (SSSR count). The van der Waals surface area contributed by atoms with Crippen LogP contribution in [-0.4, -0.2) is 37.3 Å². The van der Waals surface area contributed by atoms with E-state index in [1.807, 2.05) is 47.4 Å². The Morgan fingerprint density at radius 3 is 2.56 bits per heavy atom. The number of methoxy groups -OCH3 is 2. The van der Waals surface area contributed by atoms with Crippen LogP contribution in [0, 0.1) is 0 Å². The summed E-state index contributed by atoms with van der Waals surface area (Å²) >= 11 is 1.75. The third-order valence-electron chi connectivity index (χ3n) is 4.46. The Labute approximate surface area is 153 Å². The smallest absolute Gasteiger partial charge is 0.255 e. The summed E-state index contributed by atoms with van der Waals surface area (Å²) in [6.07, 6.45) is 0.970. The third kappa shape index (κ3) is 3.47. The maximum absolute atomic E-state index is 13.0. The summed E-state index contributed by atoms with van der Waals surface area (Å²) in [6, 6.07) is 13.7. The third-order valence-corrected chi connectivity index (χ3v) is 5.70. The van der Waals surface area contributed by atoms with Gasteiger partial charge in [0.25, 0.3) is 5.91 Å². The van der Waals surface area contributed by atoms with E-state index in [9.17, 15) is 4.79 Å². The molecule has 1 fully saturated rings. The van der Waals surface area contributed by atoms with E-state index >= 15 is 0 Å². The predicted molar refractivity (Wildman–Crippen MR) is 102 cm³/mol. The first-order valence-corrected chi connectivity index (χ1v) is 9.46. The van der Waals surface area contributed by atoms with Gasteiger partial charge < -0.3 is 14.4 Å². The molecule has 0 bridgehead atoms. The number of carbonyl (C=O) groups excluding carboxylic acids is 1. The lowest BCUT2D eigenvalue weighted by molar-refractivity contribution is 0.0759. The molecule has 1 heterocycles. The van der Waals surface area contributed by atoms with E-state index in [1.165, 1.54) is 5.56 Å². The summed E-state index contributed by atoms with van der Waals surface area (Å²) < 4.78 is 11.0. The zero-order valence-electron chi connectivity index (χ0n) is 14.8. The van der Waals surface area contributed by atoms with Gasteiger partial charge in [0.15, 0.2) is 11.5 Å². The van der Waals surface area contributed by atoms with E-state index < -0.39 is 0 Å². The van der Waals surface area contributed by atoms with Crippen molar-refractivity contribution in [1.29, 1.82) is 0 Å². The van der Waals surface area contributed by atoms with Crippen LogP contribution < -0.4 is 9.47 Å². The number of aryl methyl sites for hydroxylation is 1. The molecule has 0 saturated carbocycles. The molecule has 0 aromatic heterocycles. The van der Waals surface area contributed by atoms with Crippen molar-refractivity contribution < 1.29 is 14.3 Å². The Hall–Kier alpha value is -2.14. The summed E-state index contributed by atoms with van der Waals surface area (Å²) in [6.45, 7) is 2.84. The molecule has 1 unspecified atom stereocenters. The molecular weight excluding hydrogens is 334 g/mol. The second kappa shape index (κ2) is 7.83. The van der Waals surface area contributed by atoms with E-state index in [0.717, 1.165) is 29.8 Å². The first-order valence-electron chi connectivity index (χ1n) is 8.42. The van der Waals surface area contributed by atoms with Gasteiger partial charge in [-0.05, 0) is 30.2 Å². The lowest BCUT2D eigenvalue weighted by atomic mass is 10.1. The van der Waals surface area contributed by atoms with Crippen molar-refractivity contribution in [1.82, 2.24) is 4.90 Å². The topological polar surface area (TPSA) is 38.8 Å². The second-order valence-electron chi connectivity index (χ2n) is 5.85. The van der Waals surface area contributed by atoms with Gasteiger partial charge in [-0.25, -0.2) is 0 Å². The molecule has 0 aliphatic carbocycles. The highest BCUT2D eigenvalue weighted by atomic mass is 32.2. The Kier molecular flexibility index (Phi) is 5.53. The van der Waals surface area contributed by atoms with Crippen LogP contribution in [0.4, 0.5) is 0 Å². The molecule has 2 aromatic rings. The minimum absolute atomic E-state index is 0.0579. The summed E-state index contributed by atoms with van der Waals surface area (Å²) in [5.41, 5.74) is 2.94. The normalized spacial score (nSPS) is 16.8. The average Bonchev–Trinajstić information content (AvgIpc) is 3.16. The molecule has 1 saturated heterocycles. The Balaban J connectivity index is 1.91. The molecule has 5 heteroatoms. The van der Waals surface area contributed by atoms with Gasteiger partial charge in [0.2, 0.25) is 0 Å². The van der Waals surface area contributed by atoms with E-state index in [2.05, 4.69) is 6.92 Å².